The van der Waals surface area contributed by atoms with E-state index in [0.717, 1.165) is 24.5 Å². The van der Waals surface area contributed by atoms with Crippen LogP contribution in [0.1, 0.15) is 34.3 Å². The Kier molecular flexibility index (Phi) is 4.39. The molecule has 3 nitrogen and oxygen atoms in total. The van der Waals surface area contributed by atoms with Crippen molar-refractivity contribution in [1.82, 2.24) is 4.90 Å². The number of halogens is 2. The van der Waals surface area contributed by atoms with E-state index >= 15 is 0 Å². The van der Waals surface area contributed by atoms with Crippen LogP contribution >= 0.6 is 0 Å². The summed E-state index contributed by atoms with van der Waals surface area (Å²) < 4.78 is 27.2. The number of hydrogen-bond donors (Lipinski definition) is 1. The van der Waals surface area contributed by atoms with Gasteiger partial charge in [0.15, 0.2) is 11.6 Å². The van der Waals surface area contributed by atoms with Crippen molar-refractivity contribution in [2.24, 2.45) is 5.73 Å². The van der Waals surface area contributed by atoms with E-state index in [9.17, 15) is 13.6 Å². The molecule has 0 unspecified atom stereocenters. The summed E-state index contributed by atoms with van der Waals surface area (Å²) in [6.45, 7) is 0.992. The molecule has 120 valence electrons. The molecule has 3 rings (SSSR count). The average Bonchev–Trinajstić information content (AvgIpc) is 3.36. The van der Waals surface area contributed by atoms with E-state index in [1.165, 1.54) is 6.07 Å². The van der Waals surface area contributed by atoms with E-state index in [4.69, 9.17) is 5.73 Å². The summed E-state index contributed by atoms with van der Waals surface area (Å²) in [6.07, 6.45) is 2.13. The first-order chi connectivity index (χ1) is 11.0. The number of nitrogens with zero attached hydrogens (tertiary/aromatic N) is 1. The fraction of sp³-hybridized carbons (Fsp3) is 0.278. The smallest absolute Gasteiger partial charge is 0.248 e. The third kappa shape index (κ3) is 3.74. The van der Waals surface area contributed by atoms with Crippen molar-refractivity contribution in [3.63, 3.8) is 0 Å². The van der Waals surface area contributed by atoms with Crippen LogP contribution in [0.5, 0.6) is 0 Å². The zero-order valence-electron chi connectivity index (χ0n) is 12.6. The molecular formula is C18H18F2N2O. The van der Waals surface area contributed by atoms with E-state index in [-0.39, 0.29) is 0 Å². The standard InChI is InChI=1S/C18H18F2N2O/c19-16-3-1-2-14(17(16)20)11-22(15-8-9-15)10-12-4-6-13(7-5-12)18(21)23/h1-7,15H,8-11H2,(H2,21,23). The van der Waals surface area contributed by atoms with Crippen LogP contribution in [0.15, 0.2) is 42.5 Å². The van der Waals surface area contributed by atoms with Gasteiger partial charge in [-0.1, -0.05) is 24.3 Å². The molecule has 1 fully saturated rings. The molecule has 0 heterocycles. The Morgan fingerprint density at radius 1 is 1.09 bits per heavy atom. The summed E-state index contributed by atoms with van der Waals surface area (Å²) in [5.74, 6) is -2.05. The molecule has 0 spiro atoms. The van der Waals surface area contributed by atoms with Crippen LogP contribution in [0.2, 0.25) is 0 Å². The first-order valence-electron chi connectivity index (χ1n) is 7.60. The number of hydrogen-bond acceptors (Lipinski definition) is 2. The summed E-state index contributed by atoms with van der Waals surface area (Å²) in [4.78, 5) is 13.2. The number of nitrogens with two attached hydrogens (primary N) is 1. The summed E-state index contributed by atoms with van der Waals surface area (Å²) in [5.41, 5.74) is 7.07. The molecule has 5 heteroatoms. The van der Waals surface area contributed by atoms with Crippen molar-refractivity contribution in [3.05, 3.63) is 70.8 Å². The maximum atomic E-state index is 13.9. The van der Waals surface area contributed by atoms with Crippen molar-refractivity contribution in [3.8, 4) is 0 Å². The Hall–Kier alpha value is -2.27. The van der Waals surface area contributed by atoms with Gasteiger partial charge in [-0.05, 0) is 36.6 Å². The van der Waals surface area contributed by atoms with Crippen molar-refractivity contribution < 1.29 is 13.6 Å². The monoisotopic (exact) mass is 316 g/mol. The summed E-state index contributed by atoms with van der Waals surface area (Å²) in [7, 11) is 0. The highest BCUT2D eigenvalue weighted by Crippen LogP contribution is 2.30. The molecular weight excluding hydrogens is 298 g/mol. The molecule has 0 aromatic heterocycles. The topological polar surface area (TPSA) is 46.3 Å². The van der Waals surface area contributed by atoms with Crippen LogP contribution in [0, 0.1) is 11.6 Å². The van der Waals surface area contributed by atoms with Crippen molar-refractivity contribution in [2.75, 3.05) is 0 Å². The normalized spacial score (nSPS) is 14.2. The number of carbonyl (C=O) groups excluding carboxylic acids is 1. The lowest BCUT2D eigenvalue weighted by Crippen LogP contribution is -2.25. The summed E-state index contributed by atoms with van der Waals surface area (Å²) in [6, 6.07) is 11.7. The molecule has 23 heavy (non-hydrogen) atoms. The number of benzene rings is 2. The minimum absolute atomic E-state index is 0.366. The number of rotatable bonds is 6. The zero-order valence-corrected chi connectivity index (χ0v) is 12.6. The van der Waals surface area contributed by atoms with Gasteiger partial charge in [0.25, 0.3) is 0 Å². The van der Waals surface area contributed by atoms with Crippen molar-refractivity contribution >= 4 is 5.91 Å². The molecule has 0 radical (unpaired) electrons. The first-order valence-corrected chi connectivity index (χ1v) is 7.60. The lowest BCUT2D eigenvalue weighted by molar-refractivity contribution is 0.100. The molecule has 0 saturated heterocycles. The van der Waals surface area contributed by atoms with Gasteiger partial charge in [0.2, 0.25) is 5.91 Å². The minimum atomic E-state index is -0.816. The quantitative estimate of drug-likeness (QED) is 0.889. The second kappa shape index (κ2) is 6.46. The van der Waals surface area contributed by atoms with Crippen LogP contribution in [0.3, 0.4) is 0 Å². The number of amides is 1. The van der Waals surface area contributed by atoms with Crippen LogP contribution in [0.25, 0.3) is 0 Å². The highest BCUT2D eigenvalue weighted by Gasteiger charge is 2.29. The molecule has 1 saturated carbocycles. The largest absolute Gasteiger partial charge is 0.366 e. The van der Waals surface area contributed by atoms with E-state index in [0.29, 0.717) is 30.3 Å². The van der Waals surface area contributed by atoms with E-state index in [1.54, 1.807) is 18.2 Å². The molecule has 1 aliphatic rings. The second-order valence-corrected chi connectivity index (χ2v) is 5.91. The lowest BCUT2D eigenvalue weighted by atomic mass is 10.1. The predicted octanol–water partition coefficient (Wildman–Crippen LogP) is 3.23. The molecule has 0 atom stereocenters. The highest BCUT2D eigenvalue weighted by molar-refractivity contribution is 5.92. The van der Waals surface area contributed by atoms with E-state index in [2.05, 4.69) is 4.90 Å². The Bertz CT molecular complexity index is 711. The van der Waals surface area contributed by atoms with Crippen LogP contribution in [0.4, 0.5) is 8.78 Å². The van der Waals surface area contributed by atoms with Crippen LogP contribution in [-0.4, -0.2) is 16.8 Å². The Balaban J connectivity index is 1.74. The van der Waals surface area contributed by atoms with Crippen molar-refractivity contribution in [1.29, 1.82) is 0 Å². The number of primary amides is 1. The zero-order chi connectivity index (χ0) is 16.4. The van der Waals surface area contributed by atoms with Gasteiger partial charge in [-0.15, -0.1) is 0 Å². The molecule has 1 aliphatic carbocycles. The lowest BCUT2D eigenvalue weighted by Gasteiger charge is -2.22. The van der Waals surface area contributed by atoms with Gasteiger partial charge in [-0.25, -0.2) is 8.78 Å². The fourth-order valence-electron chi connectivity index (χ4n) is 2.65. The van der Waals surface area contributed by atoms with E-state index in [1.807, 2.05) is 12.1 Å². The summed E-state index contributed by atoms with van der Waals surface area (Å²) >= 11 is 0. The van der Waals surface area contributed by atoms with Gasteiger partial charge < -0.3 is 5.73 Å². The van der Waals surface area contributed by atoms with Gasteiger partial charge in [0, 0.05) is 30.3 Å². The summed E-state index contributed by atoms with van der Waals surface area (Å²) in [5, 5.41) is 0. The minimum Gasteiger partial charge on any atom is -0.366 e. The maximum absolute atomic E-state index is 13.9. The molecule has 1 amide bonds. The molecule has 2 N–H and O–H groups in total. The van der Waals surface area contributed by atoms with Gasteiger partial charge in [-0.2, -0.15) is 0 Å². The second-order valence-electron chi connectivity index (χ2n) is 5.91. The van der Waals surface area contributed by atoms with Gasteiger partial charge in [0.1, 0.15) is 0 Å². The molecule has 0 aliphatic heterocycles. The number of carbonyl (C=O) groups is 1. The highest BCUT2D eigenvalue weighted by atomic mass is 19.2. The van der Waals surface area contributed by atoms with Crippen LogP contribution in [-0.2, 0) is 13.1 Å². The Morgan fingerprint density at radius 2 is 1.78 bits per heavy atom. The predicted molar refractivity (Wildman–Crippen MR) is 83.6 cm³/mol. The SMILES string of the molecule is NC(=O)c1ccc(CN(Cc2cccc(F)c2F)C2CC2)cc1. The maximum Gasteiger partial charge on any atom is 0.248 e. The fourth-order valence-corrected chi connectivity index (χ4v) is 2.65. The Morgan fingerprint density at radius 3 is 2.39 bits per heavy atom. The van der Waals surface area contributed by atoms with Crippen LogP contribution < -0.4 is 5.73 Å². The van der Waals surface area contributed by atoms with Gasteiger partial charge in [0.05, 0.1) is 0 Å². The van der Waals surface area contributed by atoms with E-state index < -0.39 is 17.5 Å². The molecule has 2 aromatic rings. The first kappa shape index (κ1) is 15.6. The average molecular weight is 316 g/mol. The molecule has 2 aromatic carbocycles. The molecule has 0 bridgehead atoms. The van der Waals surface area contributed by atoms with Crippen molar-refractivity contribution in [2.45, 2.75) is 32.0 Å². The third-order valence-corrected chi connectivity index (χ3v) is 4.09. The van der Waals surface area contributed by atoms with Gasteiger partial charge in [-0.3, -0.25) is 9.69 Å². The van der Waals surface area contributed by atoms with Gasteiger partial charge >= 0.3 is 0 Å². The Labute approximate surface area is 133 Å². The third-order valence-electron chi connectivity index (χ3n) is 4.09.